The number of nitrogens with zero attached hydrogens (tertiary/aromatic N) is 2. The van der Waals surface area contributed by atoms with E-state index in [-0.39, 0.29) is 35.7 Å². The zero-order valence-corrected chi connectivity index (χ0v) is 10.8. The van der Waals surface area contributed by atoms with Crippen LogP contribution in [0.2, 0.25) is 0 Å². The zero-order valence-electron chi connectivity index (χ0n) is 10.8. The smallest absolute Gasteiger partial charge is 0.433 e. The molecule has 0 saturated heterocycles. The van der Waals surface area contributed by atoms with Gasteiger partial charge in [-0.05, 0) is 32.0 Å². The number of hydrogen-bond acceptors (Lipinski definition) is 3. The molecule has 0 radical (unpaired) electrons. The molecule has 0 atom stereocenters. The number of benzene rings is 1. The van der Waals surface area contributed by atoms with Crippen LogP contribution in [0, 0.1) is 6.92 Å². The van der Waals surface area contributed by atoms with E-state index in [1.165, 1.54) is 31.2 Å². The summed E-state index contributed by atoms with van der Waals surface area (Å²) in [6.07, 6.45) is -4.45. The van der Waals surface area contributed by atoms with Crippen molar-refractivity contribution in [3.05, 3.63) is 41.2 Å². The van der Waals surface area contributed by atoms with Gasteiger partial charge in [-0.15, -0.1) is 0 Å². The van der Waals surface area contributed by atoms with Crippen LogP contribution in [0.5, 0.6) is 5.75 Å². The molecule has 1 heterocycles. The number of alkyl halides is 3. The van der Waals surface area contributed by atoms with Crippen LogP contribution in [0.1, 0.15) is 17.0 Å². The maximum atomic E-state index is 13.3. The van der Waals surface area contributed by atoms with Gasteiger partial charge >= 0.3 is 6.18 Å². The molecule has 0 aliphatic heterocycles. The molecule has 7 heteroatoms. The molecule has 2 aromatic rings. The van der Waals surface area contributed by atoms with E-state index >= 15 is 0 Å². The minimum Gasteiger partial charge on any atom is -0.508 e. The van der Waals surface area contributed by atoms with Crippen molar-refractivity contribution in [3.63, 3.8) is 0 Å². The van der Waals surface area contributed by atoms with Gasteiger partial charge in [-0.3, -0.25) is 0 Å². The van der Waals surface area contributed by atoms with Crippen LogP contribution in [0.4, 0.5) is 13.2 Å². The van der Waals surface area contributed by atoms with E-state index in [2.05, 4.69) is 5.10 Å². The molecule has 0 spiro atoms. The first-order valence-corrected chi connectivity index (χ1v) is 5.99. The van der Waals surface area contributed by atoms with Crippen LogP contribution in [0.3, 0.4) is 0 Å². The van der Waals surface area contributed by atoms with Gasteiger partial charge in [0.05, 0.1) is 11.4 Å². The Hall–Kier alpha value is -2.02. The van der Waals surface area contributed by atoms with Gasteiger partial charge < -0.3 is 10.8 Å². The van der Waals surface area contributed by atoms with E-state index in [9.17, 15) is 18.3 Å². The topological polar surface area (TPSA) is 64.1 Å². The number of rotatable bonds is 3. The predicted octanol–water partition coefficient (Wildman–Crippen LogP) is 2.41. The van der Waals surface area contributed by atoms with Crippen molar-refractivity contribution in [2.24, 2.45) is 5.73 Å². The van der Waals surface area contributed by atoms with Gasteiger partial charge in [0.25, 0.3) is 0 Å². The summed E-state index contributed by atoms with van der Waals surface area (Å²) in [6, 6.07) is 5.53. The van der Waals surface area contributed by atoms with Crippen molar-refractivity contribution in [2.75, 3.05) is 6.54 Å². The fourth-order valence-corrected chi connectivity index (χ4v) is 2.11. The average molecular weight is 285 g/mol. The molecular weight excluding hydrogens is 271 g/mol. The van der Waals surface area contributed by atoms with E-state index in [1.54, 1.807) is 0 Å². The third kappa shape index (κ3) is 2.62. The van der Waals surface area contributed by atoms with Crippen molar-refractivity contribution in [1.82, 2.24) is 9.78 Å². The average Bonchev–Trinajstić information content (AvgIpc) is 2.67. The quantitative estimate of drug-likeness (QED) is 0.910. The monoisotopic (exact) mass is 285 g/mol. The molecule has 0 unspecified atom stereocenters. The second-order valence-corrected chi connectivity index (χ2v) is 4.38. The first-order chi connectivity index (χ1) is 9.34. The summed E-state index contributed by atoms with van der Waals surface area (Å²) < 4.78 is 40.6. The Bertz CT molecular complexity index is 620. The maximum absolute atomic E-state index is 13.3. The largest absolute Gasteiger partial charge is 0.508 e. The molecule has 1 aromatic carbocycles. The summed E-state index contributed by atoms with van der Waals surface area (Å²) in [5.41, 5.74) is 5.05. The fraction of sp³-hybridized carbons (Fsp3) is 0.308. The second-order valence-electron chi connectivity index (χ2n) is 4.38. The molecular formula is C13H14F3N3O. The highest BCUT2D eigenvalue weighted by molar-refractivity contribution is 5.42. The van der Waals surface area contributed by atoms with E-state index in [0.29, 0.717) is 0 Å². The summed E-state index contributed by atoms with van der Waals surface area (Å²) in [5, 5.41) is 13.3. The first-order valence-electron chi connectivity index (χ1n) is 5.99. The lowest BCUT2D eigenvalue weighted by Gasteiger charge is -2.12. The highest BCUT2D eigenvalue weighted by Gasteiger charge is 2.39. The van der Waals surface area contributed by atoms with Crippen LogP contribution >= 0.6 is 0 Å². The standard InChI is InChI=1S/C13H14F3N3O/c1-8-11(5-6-17)12(13(14,15)16)19(18-8)9-3-2-4-10(20)7-9/h2-4,7,20H,5-6,17H2,1H3. The van der Waals surface area contributed by atoms with Crippen LogP contribution in [-0.4, -0.2) is 21.4 Å². The molecule has 0 aliphatic carbocycles. The van der Waals surface area contributed by atoms with Crippen molar-refractivity contribution in [2.45, 2.75) is 19.5 Å². The first kappa shape index (κ1) is 14.4. The molecule has 4 nitrogen and oxygen atoms in total. The summed E-state index contributed by atoms with van der Waals surface area (Å²) in [7, 11) is 0. The Kier molecular flexibility index (Phi) is 3.71. The molecule has 0 bridgehead atoms. The maximum Gasteiger partial charge on any atom is 0.433 e. The molecule has 108 valence electrons. The Morgan fingerprint density at radius 2 is 2.05 bits per heavy atom. The van der Waals surface area contributed by atoms with Gasteiger partial charge in [-0.1, -0.05) is 6.07 Å². The third-order valence-corrected chi connectivity index (χ3v) is 2.92. The van der Waals surface area contributed by atoms with Crippen LogP contribution in [-0.2, 0) is 12.6 Å². The summed E-state index contributed by atoms with van der Waals surface area (Å²) in [6.45, 7) is 1.62. The predicted molar refractivity (Wildman–Crippen MR) is 67.7 cm³/mol. The molecule has 2 rings (SSSR count). The van der Waals surface area contributed by atoms with Crippen LogP contribution < -0.4 is 5.73 Å². The number of nitrogens with two attached hydrogens (primary N) is 1. The van der Waals surface area contributed by atoms with E-state index in [0.717, 1.165) is 4.68 Å². The number of phenols is 1. The van der Waals surface area contributed by atoms with E-state index in [4.69, 9.17) is 5.73 Å². The second kappa shape index (κ2) is 5.16. The molecule has 20 heavy (non-hydrogen) atoms. The molecule has 0 aliphatic rings. The third-order valence-electron chi connectivity index (χ3n) is 2.92. The highest BCUT2D eigenvalue weighted by Crippen LogP contribution is 2.35. The number of hydrogen-bond donors (Lipinski definition) is 2. The van der Waals surface area contributed by atoms with Gasteiger partial charge in [0.15, 0.2) is 5.69 Å². The Labute approximate surface area is 113 Å². The van der Waals surface area contributed by atoms with E-state index in [1.807, 2.05) is 0 Å². The van der Waals surface area contributed by atoms with Gasteiger partial charge in [-0.25, -0.2) is 4.68 Å². The fourth-order valence-electron chi connectivity index (χ4n) is 2.11. The van der Waals surface area contributed by atoms with Crippen molar-refractivity contribution >= 4 is 0 Å². The Morgan fingerprint density at radius 3 is 2.60 bits per heavy atom. The lowest BCUT2D eigenvalue weighted by atomic mass is 10.1. The lowest BCUT2D eigenvalue weighted by Crippen LogP contribution is -2.17. The normalized spacial score (nSPS) is 11.8. The number of aromatic nitrogens is 2. The van der Waals surface area contributed by atoms with Crippen molar-refractivity contribution in [3.8, 4) is 11.4 Å². The number of aryl methyl sites for hydroxylation is 1. The summed E-state index contributed by atoms with van der Waals surface area (Å²) in [5.74, 6) is -0.121. The number of halogens is 3. The highest BCUT2D eigenvalue weighted by atomic mass is 19.4. The zero-order chi connectivity index (χ0) is 14.9. The van der Waals surface area contributed by atoms with Gasteiger partial charge in [0.1, 0.15) is 5.75 Å². The summed E-state index contributed by atoms with van der Waals surface area (Å²) >= 11 is 0. The minimum atomic E-state index is -4.54. The number of aromatic hydroxyl groups is 1. The summed E-state index contributed by atoms with van der Waals surface area (Å²) in [4.78, 5) is 0. The molecule has 0 saturated carbocycles. The van der Waals surface area contributed by atoms with Gasteiger partial charge in [-0.2, -0.15) is 18.3 Å². The number of phenolic OH excluding ortho intramolecular Hbond substituents is 1. The van der Waals surface area contributed by atoms with Gasteiger partial charge in [0, 0.05) is 11.6 Å². The van der Waals surface area contributed by atoms with E-state index < -0.39 is 11.9 Å². The molecule has 1 aromatic heterocycles. The van der Waals surface area contributed by atoms with Gasteiger partial charge in [0.2, 0.25) is 0 Å². The Morgan fingerprint density at radius 1 is 1.35 bits per heavy atom. The molecule has 3 N–H and O–H groups in total. The SMILES string of the molecule is Cc1nn(-c2cccc(O)c2)c(C(F)(F)F)c1CCN. The molecule has 0 amide bonds. The van der Waals surface area contributed by atoms with Crippen molar-refractivity contribution < 1.29 is 18.3 Å². The van der Waals surface area contributed by atoms with Crippen LogP contribution in [0.25, 0.3) is 5.69 Å². The lowest BCUT2D eigenvalue weighted by molar-refractivity contribution is -0.143. The van der Waals surface area contributed by atoms with Crippen molar-refractivity contribution in [1.29, 1.82) is 0 Å². The van der Waals surface area contributed by atoms with Crippen LogP contribution in [0.15, 0.2) is 24.3 Å². The molecule has 0 fully saturated rings. The minimum absolute atomic E-state index is 0.0864. The Balaban J connectivity index is 2.67.